The number of rotatable bonds is 4. The maximum Gasteiger partial charge on any atom is 0.232 e. The first-order valence-corrected chi connectivity index (χ1v) is 7.09. The molecule has 4 nitrogen and oxygen atoms in total. The minimum Gasteiger partial charge on any atom is -0.399 e. The molecule has 0 aromatic heterocycles. The van der Waals surface area contributed by atoms with Crippen molar-refractivity contribution in [2.45, 2.75) is 25.7 Å². The Bertz CT molecular complexity index is 468. The zero-order valence-electron chi connectivity index (χ0n) is 12.6. The second kappa shape index (κ2) is 5.83. The van der Waals surface area contributed by atoms with Gasteiger partial charge in [-0.2, -0.15) is 0 Å². The van der Waals surface area contributed by atoms with Crippen molar-refractivity contribution in [3.8, 4) is 0 Å². The Morgan fingerprint density at radius 1 is 1.40 bits per heavy atom. The van der Waals surface area contributed by atoms with Gasteiger partial charge in [0.2, 0.25) is 5.91 Å². The zero-order chi connectivity index (χ0) is 14.8. The van der Waals surface area contributed by atoms with E-state index in [2.05, 4.69) is 0 Å². The number of carbonyl (C=O) groups excluding carboxylic acids is 1. The Hall–Kier alpha value is -1.55. The smallest absolute Gasteiger partial charge is 0.232 e. The summed E-state index contributed by atoms with van der Waals surface area (Å²) in [5.41, 5.74) is 6.92. The molecule has 1 fully saturated rings. The summed E-state index contributed by atoms with van der Waals surface area (Å²) in [6.07, 6.45) is 1.03. The number of anilines is 1. The van der Waals surface area contributed by atoms with Gasteiger partial charge in [0, 0.05) is 31.8 Å². The van der Waals surface area contributed by atoms with E-state index in [1.807, 2.05) is 43.0 Å². The fourth-order valence-corrected chi connectivity index (χ4v) is 2.81. The molecule has 1 amide bonds. The van der Waals surface area contributed by atoms with Crippen LogP contribution < -0.4 is 5.73 Å². The van der Waals surface area contributed by atoms with Crippen molar-refractivity contribution >= 4 is 11.6 Å². The fourth-order valence-electron chi connectivity index (χ4n) is 2.81. The molecule has 110 valence electrons. The van der Waals surface area contributed by atoms with Gasteiger partial charge in [-0.1, -0.05) is 12.1 Å². The average molecular weight is 276 g/mol. The summed E-state index contributed by atoms with van der Waals surface area (Å²) in [7, 11) is 1.71. The van der Waals surface area contributed by atoms with E-state index in [4.69, 9.17) is 10.5 Å². The number of methoxy groups -OCH3 is 1. The van der Waals surface area contributed by atoms with Crippen LogP contribution in [0.2, 0.25) is 0 Å². The SMILES string of the molecule is COCC1CCN(C(=O)C(C)(C)c2ccc(N)cc2)C1. The number of carbonyl (C=O) groups is 1. The van der Waals surface area contributed by atoms with E-state index in [-0.39, 0.29) is 5.91 Å². The van der Waals surface area contributed by atoms with Gasteiger partial charge in [-0.3, -0.25) is 4.79 Å². The molecule has 1 unspecified atom stereocenters. The third-order valence-corrected chi connectivity index (χ3v) is 4.14. The van der Waals surface area contributed by atoms with E-state index in [1.54, 1.807) is 7.11 Å². The predicted octanol–water partition coefficient (Wildman–Crippen LogP) is 2.04. The lowest BCUT2D eigenvalue weighted by molar-refractivity contribution is -0.135. The minimum absolute atomic E-state index is 0.181. The van der Waals surface area contributed by atoms with Crippen LogP contribution in [0.15, 0.2) is 24.3 Å². The summed E-state index contributed by atoms with van der Waals surface area (Å²) in [6, 6.07) is 7.58. The molecule has 1 aromatic carbocycles. The normalized spacial score (nSPS) is 19.4. The van der Waals surface area contributed by atoms with Crippen LogP contribution in [0.25, 0.3) is 0 Å². The van der Waals surface area contributed by atoms with E-state index in [0.29, 0.717) is 5.92 Å². The van der Waals surface area contributed by atoms with Crippen molar-refractivity contribution in [3.63, 3.8) is 0 Å². The summed E-state index contributed by atoms with van der Waals surface area (Å²) in [6.45, 7) is 6.30. The van der Waals surface area contributed by atoms with Gasteiger partial charge in [-0.25, -0.2) is 0 Å². The number of likely N-dealkylation sites (tertiary alicyclic amines) is 1. The zero-order valence-corrected chi connectivity index (χ0v) is 12.6. The second-order valence-electron chi connectivity index (χ2n) is 6.11. The molecule has 20 heavy (non-hydrogen) atoms. The highest BCUT2D eigenvalue weighted by Gasteiger charge is 2.36. The van der Waals surface area contributed by atoms with Crippen LogP contribution in [0.1, 0.15) is 25.8 Å². The Kier molecular flexibility index (Phi) is 4.33. The van der Waals surface area contributed by atoms with Crippen molar-refractivity contribution in [2.24, 2.45) is 5.92 Å². The van der Waals surface area contributed by atoms with E-state index in [9.17, 15) is 4.79 Å². The van der Waals surface area contributed by atoms with E-state index in [1.165, 1.54) is 0 Å². The summed E-state index contributed by atoms with van der Waals surface area (Å²) in [5.74, 6) is 0.645. The number of nitrogen functional groups attached to an aromatic ring is 1. The van der Waals surface area contributed by atoms with Crippen LogP contribution in [-0.4, -0.2) is 37.6 Å². The van der Waals surface area contributed by atoms with E-state index in [0.717, 1.165) is 37.4 Å². The predicted molar refractivity (Wildman–Crippen MR) is 80.4 cm³/mol. The fraction of sp³-hybridized carbons (Fsp3) is 0.562. The molecule has 1 aliphatic rings. The van der Waals surface area contributed by atoms with Gasteiger partial charge in [-0.15, -0.1) is 0 Å². The van der Waals surface area contributed by atoms with Gasteiger partial charge in [-0.05, 0) is 38.0 Å². The highest BCUT2D eigenvalue weighted by Crippen LogP contribution is 2.29. The first kappa shape index (κ1) is 14.9. The molecule has 1 saturated heterocycles. The largest absolute Gasteiger partial charge is 0.399 e. The highest BCUT2D eigenvalue weighted by atomic mass is 16.5. The van der Waals surface area contributed by atoms with Gasteiger partial charge in [0.05, 0.1) is 12.0 Å². The summed E-state index contributed by atoms with van der Waals surface area (Å²) >= 11 is 0. The van der Waals surface area contributed by atoms with Crippen molar-refractivity contribution in [2.75, 3.05) is 32.5 Å². The molecule has 1 heterocycles. The number of nitrogens with two attached hydrogens (primary N) is 1. The van der Waals surface area contributed by atoms with Gasteiger partial charge >= 0.3 is 0 Å². The van der Waals surface area contributed by atoms with Crippen molar-refractivity contribution in [3.05, 3.63) is 29.8 Å². The highest BCUT2D eigenvalue weighted by molar-refractivity contribution is 5.87. The molecule has 2 rings (SSSR count). The number of benzene rings is 1. The first-order chi connectivity index (χ1) is 9.45. The average Bonchev–Trinajstić information content (AvgIpc) is 2.87. The van der Waals surface area contributed by atoms with Crippen LogP contribution in [0.4, 0.5) is 5.69 Å². The summed E-state index contributed by atoms with van der Waals surface area (Å²) < 4.78 is 5.19. The standard InChI is InChI=1S/C16H24N2O2/c1-16(2,13-4-6-14(17)7-5-13)15(19)18-9-8-12(10-18)11-20-3/h4-7,12H,8-11,17H2,1-3H3. The third kappa shape index (κ3) is 2.96. The number of ether oxygens (including phenoxy) is 1. The van der Waals surface area contributed by atoms with E-state index < -0.39 is 5.41 Å². The van der Waals surface area contributed by atoms with Crippen LogP contribution in [0, 0.1) is 5.92 Å². The summed E-state index contributed by atoms with van der Waals surface area (Å²) in [5, 5.41) is 0. The second-order valence-corrected chi connectivity index (χ2v) is 6.11. The molecule has 1 atom stereocenters. The van der Waals surface area contributed by atoms with Gasteiger partial charge < -0.3 is 15.4 Å². The van der Waals surface area contributed by atoms with Gasteiger partial charge in [0.1, 0.15) is 0 Å². The van der Waals surface area contributed by atoms with Crippen molar-refractivity contribution in [1.82, 2.24) is 4.90 Å². The lowest BCUT2D eigenvalue weighted by atomic mass is 9.83. The number of nitrogens with zero attached hydrogens (tertiary/aromatic N) is 1. The quantitative estimate of drug-likeness (QED) is 0.856. The molecule has 2 N–H and O–H groups in total. The Labute approximate surface area is 120 Å². The molecule has 0 aliphatic carbocycles. The van der Waals surface area contributed by atoms with Crippen molar-refractivity contribution in [1.29, 1.82) is 0 Å². The monoisotopic (exact) mass is 276 g/mol. The molecule has 4 heteroatoms. The Morgan fingerprint density at radius 2 is 2.05 bits per heavy atom. The molecule has 0 spiro atoms. The molecular formula is C16H24N2O2. The molecule has 1 aliphatic heterocycles. The summed E-state index contributed by atoms with van der Waals surface area (Å²) in [4.78, 5) is 14.7. The lowest BCUT2D eigenvalue weighted by Crippen LogP contribution is -2.42. The van der Waals surface area contributed by atoms with Crippen LogP contribution in [0.5, 0.6) is 0 Å². The number of hydrogen-bond acceptors (Lipinski definition) is 3. The Balaban J connectivity index is 2.09. The number of hydrogen-bond donors (Lipinski definition) is 1. The van der Waals surface area contributed by atoms with Crippen LogP contribution in [0.3, 0.4) is 0 Å². The lowest BCUT2D eigenvalue weighted by Gasteiger charge is -2.30. The van der Waals surface area contributed by atoms with E-state index >= 15 is 0 Å². The van der Waals surface area contributed by atoms with Crippen molar-refractivity contribution < 1.29 is 9.53 Å². The topological polar surface area (TPSA) is 55.6 Å². The Morgan fingerprint density at radius 3 is 2.65 bits per heavy atom. The third-order valence-electron chi connectivity index (χ3n) is 4.14. The molecule has 1 aromatic rings. The van der Waals surface area contributed by atoms with Crippen LogP contribution >= 0.6 is 0 Å². The minimum atomic E-state index is -0.518. The molecule has 0 radical (unpaired) electrons. The molecule has 0 saturated carbocycles. The maximum atomic E-state index is 12.8. The van der Waals surface area contributed by atoms with Crippen LogP contribution in [-0.2, 0) is 14.9 Å². The first-order valence-electron chi connectivity index (χ1n) is 7.09. The number of amides is 1. The van der Waals surface area contributed by atoms with Gasteiger partial charge in [0.25, 0.3) is 0 Å². The van der Waals surface area contributed by atoms with Gasteiger partial charge in [0.15, 0.2) is 0 Å². The maximum absolute atomic E-state index is 12.8. The molecular weight excluding hydrogens is 252 g/mol. The molecule has 0 bridgehead atoms.